The van der Waals surface area contributed by atoms with Crippen molar-refractivity contribution in [1.82, 2.24) is 0 Å². The van der Waals surface area contributed by atoms with Gasteiger partial charge < -0.3 is 15.2 Å². The minimum Gasteiger partial charge on any atom is -0.497 e. The maximum absolute atomic E-state index is 6.90. The summed E-state index contributed by atoms with van der Waals surface area (Å²) in [6, 6.07) is 6.72. The molecule has 3 nitrogen and oxygen atoms in total. The van der Waals surface area contributed by atoms with Crippen LogP contribution >= 0.6 is 0 Å². The van der Waals surface area contributed by atoms with Crippen LogP contribution in [0.25, 0.3) is 0 Å². The SMILES string of the molecule is CCCC12CC[C@@]3(N)C[C@@H](OC)CC3=C1CCc1cc(OC)ccc12. The maximum Gasteiger partial charge on any atom is 0.119 e. The summed E-state index contributed by atoms with van der Waals surface area (Å²) in [4.78, 5) is 0. The van der Waals surface area contributed by atoms with E-state index in [0.29, 0.717) is 6.10 Å². The molecule has 0 aliphatic heterocycles. The third-order valence-electron chi connectivity index (χ3n) is 7.05. The minimum absolute atomic E-state index is 0.128. The van der Waals surface area contributed by atoms with Crippen LogP contribution in [0.1, 0.15) is 63.0 Å². The van der Waals surface area contributed by atoms with Crippen molar-refractivity contribution in [2.75, 3.05) is 14.2 Å². The van der Waals surface area contributed by atoms with E-state index in [4.69, 9.17) is 15.2 Å². The van der Waals surface area contributed by atoms with Gasteiger partial charge in [0.1, 0.15) is 5.75 Å². The monoisotopic (exact) mass is 341 g/mol. The number of allylic oxidation sites excluding steroid dienone is 1. The lowest BCUT2D eigenvalue weighted by molar-refractivity contribution is 0.102. The average molecular weight is 341 g/mol. The van der Waals surface area contributed by atoms with Crippen molar-refractivity contribution in [3.63, 3.8) is 0 Å². The highest BCUT2D eigenvalue weighted by molar-refractivity contribution is 5.54. The Hall–Kier alpha value is -1.32. The molecular weight excluding hydrogens is 310 g/mol. The Morgan fingerprint density at radius 1 is 1.16 bits per heavy atom. The highest BCUT2D eigenvalue weighted by atomic mass is 16.5. The van der Waals surface area contributed by atoms with Gasteiger partial charge in [-0.25, -0.2) is 0 Å². The lowest BCUT2D eigenvalue weighted by Crippen LogP contribution is -2.49. The molecule has 1 aromatic rings. The number of rotatable bonds is 4. The van der Waals surface area contributed by atoms with Crippen molar-refractivity contribution >= 4 is 0 Å². The van der Waals surface area contributed by atoms with Gasteiger partial charge in [-0.05, 0) is 73.8 Å². The first-order valence-electron chi connectivity index (χ1n) is 9.78. The van der Waals surface area contributed by atoms with Crippen LogP contribution < -0.4 is 10.5 Å². The van der Waals surface area contributed by atoms with Crippen molar-refractivity contribution in [2.24, 2.45) is 5.73 Å². The fourth-order valence-electron chi connectivity index (χ4n) is 5.91. The van der Waals surface area contributed by atoms with E-state index in [1.54, 1.807) is 12.7 Å². The number of methoxy groups -OCH3 is 2. The van der Waals surface area contributed by atoms with E-state index < -0.39 is 0 Å². The van der Waals surface area contributed by atoms with Crippen molar-refractivity contribution in [2.45, 2.75) is 75.3 Å². The normalized spacial score (nSPS) is 33.7. The molecule has 0 saturated heterocycles. The highest BCUT2D eigenvalue weighted by Gasteiger charge is 2.52. The van der Waals surface area contributed by atoms with E-state index in [1.165, 1.54) is 36.0 Å². The van der Waals surface area contributed by atoms with E-state index in [9.17, 15) is 0 Å². The quantitative estimate of drug-likeness (QED) is 0.832. The molecular formula is C22H31NO2. The number of benzene rings is 1. The zero-order valence-electron chi connectivity index (χ0n) is 15.9. The number of ether oxygens (including phenoxy) is 2. The summed E-state index contributed by atoms with van der Waals surface area (Å²) < 4.78 is 11.2. The standard InChI is InChI=1S/C22H31NO2/c1-4-9-21-10-11-22(23)14-17(25-3)13-20(22)19(21)7-5-15-12-16(24-2)6-8-18(15)21/h6,8,12,17H,4-5,7,9-11,13-14,23H2,1-3H3/t17-,21?,22+/m0/s1. The van der Waals surface area contributed by atoms with Crippen LogP contribution in [0.15, 0.2) is 29.3 Å². The fraction of sp³-hybridized carbons (Fsp3) is 0.636. The van der Waals surface area contributed by atoms with Crippen LogP contribution in [-0.4, -0.2) is 25.9 Å². The van der Waals surface area contributed by atoms with Crippen molar-refractivity contribution in [3.05, 3.63) is 40.5 Å². The summed E-state index contributed by atoms with van der Waals surface area (Å²) >= 11 is 0. The fourth-order valence-corrected chi connectivity index (χ4v) is 5.91. The van der Waals surface area contributed by atoms with Crippen LogP contribution in [0, 0.1) is 0 Å². The second-order valence-electron chi connectivity index (χ2n) is 8.23. The average Bonchev–Trinajstić information content (AvgIpc) is 2.98. The molecule has 1 saturated carbocycles. The van der Waals surface area contributed by atoms with Crippen molar-refractivity contribution in [3.8, 4) is 5.75 Å². The molecule has 0 spiro atoms. The van der Waals surface area contributed by atoms with Crippen LogP contribution in [0.3, 0.4) is 0 Å². The van der Waals surface area contributed by atoms with Gasteiger partial charge in [0.15, 0.2) is 0 Å². The smallest absolute Gasteiger partial charge is 0.119 e. The van der Waals surface area contributed by atoms with E-state index in [2.05, 4.69) is 25.1 Å². The molecule has 1 fully saturated rings. The molecule has 3 atom stereocenters. The van der Waals surface area contributed by atoms with Gasteiger partial charge in [-0.3, -0.25) is 0 Å². The predicted octanol–water partition coefficient (Wildman–Crippen LogP) is 4.28. The Bertz CT molecular complexity index is 710. The number of hydrogen-bond donors (Lipinski definition) is 1. The number of aryl methyl sites for hydroxylation is 1. The molecule has 136 valence electrons. The molecule has 4 rings (SSSR count). The molecule has 3 aliphatic carbocycles. The van der Waals surface area contributed by atoms with E-state index in [1.807, 2.05) is 7.11 Å². The topological polar surface area (TPSA) is 44.5 Å². The molecule has 25 heavy (non-hydrogen) atoms. The first-order chi connectivity index (χ1) is 12.1. The third kappa shape index (κ3) is 2.47. The van der Waals surface area contributed by atoms with E-state index >= 15 is 0 Å². The van der Waals surface area contributed by atoms with Crippen LogP contribution in [0.4, 0.5) is 0 Å². The van der Waals surface area contributed by atoms with Gasteiger partial charge in [-0.2, -0.15) is 0 Å². The zero-order valence-corrected chi connectivity index (χ0v) is 15.9. The molecule has 0 radical (unpaired) electrons. The van der Waals surface area contributed by atoms with Gasteiger partial charge in [0.05, 0.1) is 13.2 Å². The minimum atomic E-state index is -0.128. The number of fused-ring (bicyclic) bond motifs is 4. The van der Waals surface area contributed by atoms with Crippen molar-refractivity contribution < 1.29 is 9.47 Å². The van der Waals surface area contributed by atoms with Crippen LogP contribution in [0.5, 0.6) is 5.75 Å². The van der Waals surface area contributed by atoms with Gasteiger partial charge in [0.25, 0.3) is 0 Å². The van der Waals surface area contributed by atoms with E-state index in [-0.39, 0.29) is 11.0 Å². The maximum atomic E-state index is 6.90. The summed E-state index contributed by atoms with van der Waals surface area (Å²) in [7, 11) is 3.59. The van der Waals surface area contributed by atoms with Gasteiger partial charge in [-0.1, -0.05) is 25.0 Å². The van der Waals surface area contributed by atoms with Gasteiger partial charge >= 0.3 is 0 Å². The number of nitrogens with two attached hydrogens (primary N) is 1. The highest BCUT2D eigenvalue weighted by Crippen LogP contribution is 2.57. The molecule has 1 aromatic carbocycles. The summed E-state index contributed by atoms with van der Waals surface area (Å²) in [5.41, 5.74) is 13.2. The molecule has 0 bridgehead atoms. The van der Waals surface area contributed by atoms with Crippen LogP contribution in [-0.2, 0) is 16.6 Å². The summed E-state index contributed by atoms with van der Waals surface area (Å²) in [5, 5.41) is 0. The van der Waals surface area contributed by atoms with E-state index in [0.717, 1.165) is 37.9 Å². The molecule has 2 N–H and O–H groups in total. The summed E-state index contributed by atoms with van der Waals surface area (Å²) in [6.07, 6.45) is 9.23. The Morgan fingerprint density at radius 2 is 2.00 bits per heavy atom. The number of hydrogen-bond acceptors (Lipinski definition) is 3. The second-order valence-corrected chi connectivity index (χ2v) is 8.23. The lowest BCUT2D eigenvalue weighted by atomic mass is 9.56. The first-order valence-corrected chi connectivity index (χ1v) is 9.78. The Balaban J connectivity index is 1.87. The van der Waals surface area contributed by atoms with Crippen LogP contribution in [0.2, 0.25) is 0 Å². The molecule has 1 unspecified atom stereocenters. The Kier molecular flexibility index (Phi) is 4.20. The summed E-state index contributed by atoms with van der Waals surface area (Å²) in [6.45, 7) is 2.31. The van der Waals surface area contributed by atoms with Crippen molar-refractivity contribution in [1.29, 1.82) is 0 Å². The third-order valence-corrected chi connectivity index (χ3v) is 7.05. The molecule has 0 amide bonds. The molecule has 3 aliphatic rings. The predicted molar refractivity (Wildman–Crippen MR) is 101 cm³/mol. The van der Waals surface area contributed by atoms with Gasteiger partial charge in [-0.15, -0.1) is 0 Å². The lowest BCUT2D eigenvalue weighted by Gasteiger charge is -2.50. The summed E-state index contributed by atoms with van der Waals surface area (Å²) in [5.74, 6) is 0.978. The largest absolute Gasteiger partial charge is 0.497 e. The first kappa shape index (κ1) is 17.1. The van der Waals surface area contributed by atoms with Gasteiger partial charge in [0, 0.05) is 18.1 Å². The Morgan fingerprint density at radius 3 is 2.72 bits per heavy atom. The van der Waals surface area contributed by atoms with Gasteiger partial charge in [0.2, 0.25) is 0 Å². The second kappa shape index (κ2) is 6.14. The molecule has 0 heterocycles. The zero-order chi connectivity index (χ0) is 17.7. The molecule has 0 aromatic heterocycles. The molecule has 3 heteroatoms. The Labute approximate surface area is 151 Å².